The van der Waals surface area contributed by atoms with Crippen molar-refractivity contribution in [2.24, 2.45) is 0 Å². The van der Waals surface area contributed by atoms with Crippen molar-refractivity contribution in [1.29, 1.82) is 0 Å². The zero-order valence-corrected chi connectivity index (χ0v) is 19.4. The predicted molar refractivity (Wildman–Crippen MR) is 127 cm³/mol. The summed E-state index contributed by atoms with van der Waals surface area (Å²) < 4.78 is 43.5. The molecule has 0 unspecified atom stereocenters. The Morgan fingerprint density at radius 1 is 0.909 bits per heavy atom. The van der Waals surface area contributed by atoms with E-state index in [2.05, 4.69) is 0 Å². The Kier molecular flexibility index (Phi) is 7.74. The number of hydrogen-bond acceptors (Lipinski definition) is 6. The summed E-state index contributed by atoms with van der Waals surface area (Å²) in [7, 11) is -1.12. The highest BCUT2D eigenvalue weighted by atomic mass is 32.2. The van der Waals surface area contributed by atoms with Crippen molar-refractivity contribution >= 4 is 27.7 Å². The van der Waals surface area contributed by atoms with E-state index in [-0.39, 0.29) is 10.6 Å². The SMILES string of the molecule is CCOc1ccc(N(C(=O)/C=C/c2ccc(OC)c(OC)c2)S(=O)(=O)c2ccccc2)cc1. The minimum atomic E-state index is -4.16. The van der Waals surface area contributed by atoms with Gasteiger partial charge in [0.25, 0.3) is 15.9 Å². The Labute approximate surface area is 193 Å². The average Bonchev–Trinajstić information content (AvgIpc) is 2.84. The first-order chi connectivity index (χ1) is 15.9. The number of hydrogen-bond donors (Lipinski definition) is 0. The van der Waals surface area contributed by atoms with Gasteiger partial charge in [-0.2, -0.15) is 4.31 Å². The van der Waals surface area contributed by atoms with Crippen molar-refractivity contribution in [3.63, 3.8) is 0 Å². The lowest BCUT2D eigenvalue weighted by atomic mass is 10.2. The van der Waals surface area contributed by atoms with Gasteiger partial charge in [-0.15, -0.1) is 0 Å². The molecule has 3 rings (SSSR count). The largest absolute Gasteiger partial charge is 0.494 e. The van der Waals surface area contributed by atoms with Crippen LogP contribution >= 0.6 is 0 Å². The lowest BCUT2D eigenvalue weighted by Gasteiger charge is -2.21. The highest BCUT2D eigenvalue weighted by molar-refractivity contribution is 7.93. The molecule has 0 aromatic heterocycles. The smallest absolute Gasteiger partial charge is 0.271 e. The van der Waals surface area contributed by atoms with Gasteiger partial charge in [0, 0.05) is 6.08 Å². The van der Waals surface area contributed by atoms with Gasteiger partial charge in [0.2, 0.25) is 0 Å². The second-order valence-electron chi connectivity index (χ2n) is 6.80. The Balaban J connectivity index is 2.00. The van der Waals surface area contributed by atoms with Crippen LogP contribution in [0.15, 0.2) is 83.8 Å². The minimum absolute atomic E-state index is 0.00625. The molecule has 33 heavy (non-hydrogen) atoms. The van der Waals surface area contributed by atoms with E-state index in [1.165, 1.54) is 50.6 Å². The van der Waals surface area contributed by atoms with Crippen LogP contribution in [0.3, 0.4) is 0 Å². The highest BCUT2D eigenvalue weighted by Crippen LogP contribution is 2.29. The lowest BCUT2D eigenvalue weighted by molar-refractivity contribution is -0.113. The molecule has 3 aromatic carbocycles. The maximum absolute atomic E-state index is 13.4. The Hall–Kier alpha value is -3.78. The second-order valence-corrected chi connectivity index (χ2v) is 8.58. The third-order valence-electron chi connectivity index (χ3n) is 4.69. The van der Waals surface area contributed by atoms with Gasteiger partial charge in [0.1, 0.15) is 5.75 Å². The zero-order valence-electron chi connectivity index (χ0n) is 18.6. The summed E-state index contributed by atoms with van der Waals surface area (Å²) in [6.45, 7) is 2.32. The summed E-state index contributed by atoms with van der Waals surface area (Å²) in [5, 5.41) is 0. The molecule has 0 spiro atoms. The van der Waals surface area contributed by atoms with Crippen LogP contribution in [0.1, 0.15) is 12.5 Å². The molecule has 0 atom stereocenters. The van der Waals surface area contributed by atoms with Crippen LogP contribution < -0.4 is 18.5 Å². The van der Waals surface area contributed by atoms with Crippen LogP contribution in [0.2, 0.25) is 0 Å². The van der Waals surface area contributed by atoms with Gasteiger partial charge in [-0.1, -0.05) is 24.3 Å². The number of benzene rings is 3. The van der Waals surface area contributed by atoms with Crippen molar-refractivity contribution in [3.05, 3.63) is 84.4 Å². The van der Waals surface area contributed by atoms with Crippen molar-refractivity contribution in [2.75, 3.05) is 25.1 Å². The van der Waals surface area contributed by atoms with Crippen LogP contribution in [0, 0.1) is 0 Å². The van der Waals surface area contributed by atoms with Crippen molar-refractivity contribution < 1.29 is 27.4 Å². The van der Waals surface area contributed by atoms with Crippen molar-refractivity contribution in [3.8, 4) is 17.2 Å². The van der Waals surface area contributed by atoms with E-state index in [4.69, 9.17) is 14.2 Å². The molecular weight excluding hydrogens is 442 g/mol. The van der Waals surface area contributed by atoms with E-state index >= 15 is 0 Å². The number of rotatable bonds is 9. The predicted octanol–water partition coefficient (Wildman–Crippen LogP) is 4.54. The fourth-order valence-corrected chi connectivity index (χ4v) is 4.53. The van der Waals surface area contributed by atoms with Gasteiger partial charge < -0.3 is 14.2 Å². The number of methoxy groups -OCH3 is 2. The summed E-state index contributed by atoms with van der Waals surface area (Å²) >= 11 is 0. The number of amides is 1. The molecule has 1 amide bonds. The molecule has 0 saturated carbocycles. The molecule has 0 N–H and O–H groups in total. The van der Waals surface area contributed by atoms with E-state index in [0.717, 1.165) is 4.31 Å². The maximum Gasteiger partial charge on any atom is 0.271 e. The van der Waals surface area contributed by atoms with E-state index < -0.39 is 15.9 Å². The molecule has 7 nitrogen and oxygen atoms in total. The number of anilines is 1. The van der Waals surface area contributed by atoms with Crippen molar-refractivity contribution in [2.45, 2.75) is 11.8 Å². The van der Waals surface area contributed by atoms with Gasteiger partial charge >= 0.3 is 0 Å². The number of carbonyl (C=O) groups excluding carboxylic acids is 1. The van der Waals surface area contributed by atoms with E-state index in [1.54, 1.807) is 48.5 Å². The fourth-order valence-electron chi connectivity index (χ4n) is 3.12. The lowest BCUT2D eigenvalue weighted by Crippen LogP contribution is -2.35. The van der Waals surface area contributed by atoms with Gasteiger partial charge in [-0.3, -0.25) is 4.79 Å². The topological polar surface area (TPSA) is 82.1 Å². The van der Waals surface area contributed by atoms with Crippen molar-refractivity contribution in [1.82, 2.24) is 0 Å². The van der Waals surface area contributed by atoms with Crippen LogP contribution in [0.5, 0.6) is 17.2 Å². The molecule has 172 valence electrons. The molecule has 0 aliphatic carbocycles. The van der Waals surface area contributed by atoms with Crippen LogP contribution in [-0.4, -0.2) is 35.2 Å². The molecule has 0 heterocycles. The summed E-state index contributed by atoms with van der Waals surface area (Å²) in [4.78, 5) is 13.2. The molecule has 8 heteroatoms. The Morgan fingerprint density at radius 2 is 1.58 bits per heavy atom. The molecule has 0 fully saturated rings. The third-order valence-corrected chi connectivity index (χ3v) is 6.43. The summed E-state index contributed by atoms with van der Waals surface area (Å²) in [5.74, 6) is 0.889. The molecule has 0 radical (unpaired) electrons. The number of sulfonamides is 1. The van der Waals surface area contributed by atoms with Crippen LogP contribution in [-0.2, 0) is 14.8 Å². The number of ether oxygens (including phenoxy) is 3. The third kappa shape index (κ3) is 5.53. The normalized spacial score (nSPS) is 11.2. The standard InChI is InChI=1S/C25H25NO6S/c1-4-32-21-14-12-20(13-15-21)26(33(28,29)22-8-6-5-7-9-22)25(27)17-11-19-10-16-23(30-2)24(18-19)31-3/h5-18H,4H2,1-3H3/b17-11+. The van der Waals surface area contributed by atoms with Gasteiger partial charge in [-0.05, 0) is 67.1 Å². The number of carbonyl (C=O) groups is 1. The van der Waals surface area contributed by atoms with Crippen LogP contribution in [0.25, 0.3) is 6.08 Å². The maximum atomic E-state index is 13.4. The Bertz CT molecular complexity index is 1220. The van der Waals surface area contributed by atoms with Gasteiger partial charge in [0.15, 0.2) is 11.5 Å². The number of nitrogens with zero attached hydrogens (tertiary/aromatic N) is 1. The summed E-state index contributed by atoms with van der Waals surface area (Å²) in [6, 6.07) is 19.3. The van der Waals surface area contributed by atoms with Gasteiger partial charge in [0.05, 0.1) is 31.4 Å². The first-order valence-electron chi connectivity index (χ1n) is 10.2. The molecule has 0 bridgehead atoms. The monoisotopic (exact) mass is 467 g/mol. The highest BCUT2D eigenvalue weighted by Gasteiger charge is 2.29. The molecule has 0 aliphatic heterocycles. The second kappa shape index (κ2) is 10.7. The first-order valence-corrected chi connectivity index (χ1v) is 11.6. The zero-order chi connectivity index (χ0) is 23.8. The fraction of sp³-hybridized carbons (Fsp3) is 0.160. The van der Waals surface area contributed by atoms with E-state index in [0.29, 0.717) is 29.4 Å². The minimum Gasteiger partial charge on any atom is -0.494 e. The summed E-state index contributed by atoms with van der Waals surface area (Å²) in [6.07, 6.45) is 2.73. The Morgan fingerprint density at radius 3 is 2.18 bits per heavy atom. The van der Waals surface area contributed by atoms with E-state index in [1.807, 2.05) is 6.92 Å². The average molecular weight is 468 g/mol. The van der Waals surface area contributed by atoms with Gasteiger partial charge in [-0.25, -0.2) is 8.42 Å². The molecule has 0 saturated heterocycles. The van der Waals surface area contributed by atoms with Crippen LogP contribution in [0.4, 0.5) is 5.69 Å². The molecular formula is C25H25NO6S. The molecule has 0 aliphatic rings. The first kappa shape index (κ1) is 23.9. The quantitative estimate of drug-likeness (QED) is 0.430. The molecule has 3 aromatic rings. The van der Waals surface area contributed by atoms with E-state index in [9.17, 15) is 13.2 Å². The summed E-state index contributed by atoms with van der Waals surface area (Å²) in [5.41, 5.74) is 0.842.